The van der Waals surface area contributed by atoms with Gasteiger partial charge in [0.1, 0.15) is 6.10 Å². The molecule has 0 bridgehead atoms. The minimum absolute atomic E-state index is 0.0216. The normalized spacial score (nSPS) is 48.0. The van der Waals surface area contributed by atoms with Gasteiger partial charge in [-0.15, -0.1) is 0 Å². The highest BCUT2D eigenvalue weighted by atomic mass is 127. The van der Waals surface area contributed by atoms with Gasteiger partial charge in [0.25, 0.3) is 0 Å². The second-order valence-corrected chi connectivity index (χ2v) is 5.21. The fourth-order valence-electron chi connectivity index (χ4n) is 1.68. The van der Waals surface area contributed by atoms with Gasteiger partial charge < -0.3 is 19.3 Å². The molecule has 2 aliphatic heterocycles. The Morgan fingerprint density at radius 3 is 2.62 bits per heavy atom. The summed E-state index contributed by atoms with van der Waals surface area (Å²) in [6.07, 6.45) is -0.520. The predicted molar refractivity (Wildman–Crippen MR) is 53.6 cm³/mol. The molecule has 2 rings (SSSR count). The predicted octanol–water partition coefficient (Wildman–Crippen LogP) is 0.659. The van der Waals surface area contributed by atoms with Gasteiger partial charge in [-0.2, -0.15) is 0 Å². The van der Waals surface area contributed by atoms with Crippen molar-refractivity contribution in [3.8, 4) is 0 Å². The van der Waals surface area contributed by atoms with Crippen LogP contribution >= 0.6 is 22.6 Å². The summed E-state index contributed by atoms with van der Waals surface area (Å²) in [7, 11) is 0. The maximum atomic E-state index is 8.98. The van der Waals surface area contributed by atoms with Crippen molar-refractivity contribution in [3.05, 3.63) is 0 Å². The molecule has 0 spiro atoms. The summed E-state index contributed by atoms with van der Waals surface area (Å²) < 4.78 is 16.8. The van der Waals surface area contributed by atoms with E-state index in [0.717, 1.165) is 0 Å². The van der Waals surface area contributed by atoms with Crippen LogP contribution in [-0.2, 0) is 14.2 Å². The maximum Gasteiger partial charge on any atom is 0.188 e. The fraction of sp³-hybridized carbons (Fsp3) is 1.00. The molecule has 0 saturated carbocycles. The van der Waals surface area contributed by atoms with Gasteiger partial charge in [-0.3, -0.25) is 0 Å². The van der Waals surface area contributed by atoms with E-state index in [-0.39, 0.29) is 29.0 Å². The number of fused-ring (bicyclic) bond motifs is 1. The minimum Gasteiger partial charge on any atom is -0.394 e. The van der Waals surface area contributed by atoms with Crippen LogP contribution in [-0.4, -0.2) is 39.9 Å². The molecule has 0 aromatic carbocycles. The lowest BCUT2D eigenvalue weighted by molar-refractivity contribution is -0.206. The Hall–Kier alpha value is 0.570. The molecule has 13 heavy (non-hydrogen) atoms. The Labute approximate surface area is 90.7 Å². The fourth-order valence-corrected chi connectivity index (χ4v) is 2.56. The zero-order chi connectivity index (χ0) is 9.64. The van der Waals surface area contributed by atoms with E-state index in [2.05, 4.69) is 22.6 Å². The number of hydrogen-bond donors (Lipinski definition) is 1. The van der Waals surface area contributed by atoms with Crippen LogP contribution in [0.1, 0.15) is 13.8 Å². The Kier molecular flexibility index (Phi) is 2.57. The molecule has 4 nitrogen and oxygen atoms in total. The molecule has 4 atom stereocenters. The van der Waals surface area contributed by atoms with E-state index in [1.54, 1.807) is 0 Å². The zero-order valence-electron chi connectivity index (χ0n) is 7.57. The molecule has 2 fully saturated rings. The van der Waals surface area contributed by atoms with Gasteiger partial charge in [0.15, 0.2) is 12.1 Å². The number of alkyl halides is 1. The van der Waals surface area contributed by atoms with Crippen molar-refractivity contribution in [1.29, 1.82) is 0 Å². The summed E-state index contributed by atoms with van der Waals surface area (Å²) in [4.78, 5) is 0. The van der Waals surface area contributed by atoms with E-state index in [1.165, 1.54) is 0 Å². The van der Waals surface area contributed by atoms with Crippen molar-refractivity contribution in [1.82, 2.24) is 0 Å². The summed E-state index contributed by atoms with van der Waals surface area (Å²) in [5, 5.41) is 8.98. The van der Waals surface area contributed by atoms with Crippen LogP contribution in [0.4, 0.5) is 0 Å². The van der Waals surface area contributed by atoms with Crippen molar-refractivity contribution in [2.45, 2.75) is 42.1 Å². The van der Waals surface area contributed by atoms with E-state index < -0.39 is 5.79 Å². The van der Waals surface area contributed by atoms with Crippen LogP contribution in [0.2, 0.25) is 0 Å². The summed E-state index contributed by atoms with van der Waals surface area (Å²) in [5.41, 5.74) is 0. The lowest BCUT2D eigenvalue weighted by Crippen LogP contribution is -2.32. The van der Waals surface area contributed by atoms with E-state index in [0.29, 0.717) is 0 Å². The molecule has 0 radical (unpaired) electrons. The van der Waals surface area contributed by atoms with Crippen molar-refractivity contribution in [2.75, 3.05) is 6.61 Å². The number of halogens is 1. The highest BCUT2D eigenvalue weighted by molar-refractivity contribution is 14.1. The molecule has 0 aliphatic carbocycles. The highest BCUT2D eigenvalue weighted by Crippen LogP contribution is 2.40. The largest absolute Gasteiger partial charge is 0.394 e. The first kappa shape index (κ1) is 10.1. The summed E-state index contributed by atoms with van der Waals surface area (Å²) >= 11 is 2.24. The van der Waals surface area contributed by atoms with Crippen LogP contribution in [0.15, 0.2) is 0 Å². The second-order valence-electron chi connectivity index (χ2n) is 3.77. The Balaban J connectivity index is 2.07. The van der Waals surface area contributed by atoms with Gasteiger partial charge in [-0.1, -0.05) is 22.6 Å². The molecule has 0 unspecified atom stereocenters. The smallest absolute Gasteiger partial charge is 0.188 e. The monoisotopic (exact) mass is 300 g/mol. The molecular weight excluding hydrogens is 287 g/mol. The molecule has 0 amide bonds. The molecule has 0 aromatic rings. The van der Waals surface area contributed by atoms with Crippen LogP contribution in [0.3, 0.4) is 0 Å². The first-order chi connectivity index (χ1) is 6.03. The average Bonchev–Trinajstić information content (AvgIpc) is 2.47. The third kappa shape index (κ3) is 1.72. The molecule has 2 heterocycles. The lowest BCUT2D eigenvalue weighted by Gasteiger charge is -2.21. The van der Waals surface area contributed by atoms with E-state index in [1.807, 2.05) is 13.8 Å². The van der Waals surface area contributed by atoms with Crippen LogP contribution in [0.25, 0.3) is 0 Å². The molecular formula is C8H13IO4. The van der Waals surface area contributed by atoms with Crippen LogP contribution < -0.4 is 0 Å². The zero-order valence-corrected chi connectivity index (χ0v) is 9.72. The minimum atomic E-state index is -0.556. The quantitative estimate of drug-likeness (QED) is 0.571. The van der Waals surface area contributed by atoms with Crippen molar-refractivity contribution in [2.24, 2.45) is 0 Å². The van der Waals surface area contributed by atoms with Gasteiger partial charge in [-0.05, 0) is 13.8 Å². The Morgan fingerprint density at radius 2 is 2.08 bits per heavy atom. The van der Waals surface area contributed by atoms with E-state index in [4.69, 9.17) is 19.3 Å². The van der Waals surface area contributed by atoms with Crippen molar-refractivity contribution >= 4 is 22.6 Å². The van der Waals surface area contributed by atoms with Gasteiger partial charge in [0, 0.05) is 0 Å². The second kappa shape index (κ2) is 3.30. The third-order valence-corrected chi connectivity index (χ3v) is 3.76. The SMILES string of the molecule is CC1(C)O[C@H]2O[C@H](CO)[C@H](I)[C@H]2O1. The van der Waals surface area contributed by atoms with Gasteiger partial charge >= 0.3 is 0 Å². The van der Waals surface area contributed by atoms with Crippen molar-refractivity contribution < 1.29 is 19.3 Å². The van der Waals surface area contributed by atoms with E-state index in [9.17, 15) is 0 Å². The average molecular weight is 300 g/mol. The molecule has 2 saturated heterocycles. The standard InChI is InChI=1S/C8H13IO4/c1-8(2)12-6-5(9)4(3-10)11-7(6)13-8/h4-7,10H,3H2,1-2H3/t4-,5+,6-,7-/m1/s1. The molecule has 2 aliphatic rings. The third-order valence-electron chi connectivity index (χ3n) is 2.25. The summed E-state index contributed by atoms with van der Waals surface area (Å²) in [6, 6.07) is 0. The first-order valence-corrected chi connectivity index (χ1v) is 5.54. The van der Waals surface area contributed by atoms with E-state index >= 15 is 0 Å². The van der Waals surface area contributed by atoms with Gasteiger partial charge in [-0.25, -0.2) is 0 Å². The molecule has 76 valence electrons. The van der Waals surface area contributed by atoms with Gasteiger partial charge in [0.2, 0.25) is 0 Å². The number of hydrogen-bond acceptors (Lipinski definition) is 4. The van der Waals surface area contributed by atoms with Crippen molar-refractivity contribution in [3.63, 3.8) is 0 Å². The Morgan fingerprint density at radius 1 is 1.38 bits per heavy atom. The first-order valence-electron chi connectivity index (χ1n) is 4.29. The highest BCUT2D eigenvalue weighted by Gasteiger charge is 2.53. The van der Waals surface area contributed by atoms with Crippen LogP contribution in [0.5, 0.6) is 0 Å². The topological polar surface area (TPSA) is 47.9 Å². The molecule has 0 aromatic heterocycles. The summed E-state index contributed by atoms with van der Waals surface area (Å²) in [5.74, 6) is -0.556. The molecule has 1 N–H and O–H groups in total. The summed E-state index contributed by atoms with van der Waals surface area (Å²) in [6.45, 7) is 3.76. The Bertz CT molecular complexity index is 208. The molecule has 5 heteroatoms. The number of ether oxygens (including phenoxy) is 3. The number of aliphatic hydroxyl groups excluding tert-OH is 1. The number of aliphatic hydroxyl groups is 1. The number of rotatable bonds is 1. The lowest BCUT2D eigenvalue weighted by atomic mass is 10.2. The maximum absolute atomic E-state index is 8.98. The van der Waals surface area contributed by atoms with Gasteiger partial charge in [0.05, 0.1) is 16.6 Å². The van der Waals surface area contributed by atoms with Crippen LogP contribution in [0, 0.1) is 0 Å².